The summed E-state index contributed by atoms with van der Waals surface area (Å²) >= 11 is 0. The van der Waals surface area contributed by atoms with Crippen LogP contribution in [-0.2, 0) is 9.05 Å². The van der Waals surface area contributed by atoms with E-state index in [9.17, 15) is 17.2 Å². The fourth-order valence-corrected chi connectivity index (χ4v) is 2.70. The van der Waals surface area contributed by atoms with Gasteiger partial charge in [0.1, 0.15) is 11.6 Å². The summed E-state index contributed by atoms with van der Waals surface area (Å²) in [6, 6.07) is 8.60. The number of halogens is 3. The van der Waals surface area contributed by atoms with Gasteiger partial charge in [0.25, 0.3) is 9.05 Å². The zero-order valence-corrected chi connectivity index (χ0v) is 10.5. The Hall–Kier alpha value is -1.46. The fraction of sp³-hybridized carbons (Fsp3) is 0. The molecule has 18 heavy (non-hydrogen) atoms. The molecule has 0 bridgehead atoms. The molecule has 0 saturated carbocycles. The maximum absolute atomic E-state index is 13.6. The topological polar surface area (TPSA) is 34.1 Å². The van der Waals surface area contributed by atoms with Crippen molar-refractivity contribution in [3.63, 3.8) is 0 Å². The summed E-state index contributed by atoms with van der Waals surface area (Å²) in [7, 11) is 1.28. The van der Waals surface area contributed by atoms with Crippen molar-refractivity contribution in [2.45, 2.75) is 4.90 Å². The second kappa shape index (κ2) is 4.66. The highest BCUT2D eigenvalue weighted by Gasteiger charge is 2.18. The van der Waals surface area contributed by atoms with Crippen LogP contribution in [-0.4, -0.2) is 8.42 Å². The molecule has 0 aromatic heterocycles. The number of hydrogen-bond acceptors (Lipinski definition) is 2. The Labute approximate surface area is 107 Å². The minimum atomic E-state index is -4.00. The summed E-state index contributed by atoms with van der Waals surface area (Å²) in [5.41, 5.74) is 0.0845. The lowest BCUT2D eigenvalue weighted by Gasteiger charge is -2.07. The van der Waals surface area contributed by atoms with Gasteiger partial charge in [0, 0.05) is 27.9 Å². The minimum absolute atomic E-state index is 0.0174. The van der Waals surface area contributed by atoms with Crippen LogP contribution >= 0.6 is 10.7 Å². The third-order valence-electron chi connectivity index (χ3n) is 2.37. The van der Waals surface area contributed by atoms with E-state index in [0.717, 1.165) is 6.07 Å². The van der Waals surface area contributed by atoms with Crippen LogP contribution in [0.5, 0.6) is 0 Å². The van der Waals surface area contributed by atoms with Gasteiger partial charge in [-0.3, -0.25) is 0 Å². The molecule has 6 heteroatoms. The lowest BCUT2D eigenvalue weighted by Crippen LogP contribution is -1.96. The van der Waals surface area contributed by atoms with E-state index in [0.29, 0.717) is 6.07 Å². The molecule has 2 rings (SSSR count). The molecule has 0 N–H and O–H groups in total. The largest absolute Gasteiger partial charge is 0.261 e. The van der Waals surface area contributed by atoms with Crippen molar-refractivity contribution in [2.75, 3.05) is 0 Å². The van der Waals surface area contributed by atoms with E-state index in [-0.39, 0.29) is 16.0 Å². The van der Waals surface area contributed by atoms with Crippen LogP contribution in [0.1, 0.15) is 0 Å². The monoisotopic (exact) mass is 288 g/mol. The van der Waals surface area contributed by atoms with E-state index in [1.165, 1.54) is 24.3 Å². The molecule has 0 aliphatic carbocycles. The average molecular weight is 289 g/mol. The zero-order valence-electron chi connectivity index (χ0n) is 8.90. The zero-order chi connectivity index (χ0) is 13.3. The molecular weight excluding hydrogens is 282 g/mol. The fourth-order valence-electron chi connectivity index (χ4n) is 1.61. The third-order valence-corrected chi connectivity index (χ3v) is 3.75. The van der Waals surface area contributed by atoms with E-state index >= 15 is 0 Å². The Morgan fingerprint density at radius 2 is 1.61 bits per heavy atom. The molecule has 0 fully saturated rings. The van der Waals surface area contributed by atoms with E-state index in [4.69, 9.17) is 10.7 Å². The second-order valence-corrected chi connectivity index (χ2v) is 6.09. The molecule has 0 atom stereocenters. The molecule has 0 heterocycles. The van der Waals surface area contributed by atoms with Crippen molar-refractivity contribution in [1.82, 2.24) is 0 Å². The average Bonchev–Trinajstić information content (AvgIpc) is 2.28. The molecule has 2 aromatic carbocycles. The molecule has 0 spiro atoms. The highest BCUT2D eigenvalue weighted by atomic mass is 35.7. The van der Waals surface area contributed by atoms with Crippen LogP contribution in [0.3, 0.4) is 0 Å². The lowest BCUT2D eigenvalue weighted by molar-refractivity contribution is 0.585. The van der Waals surface area contributed by atoms with Gasteiger partial charge in [-0.15, -0.1) is 0 Å². The van der Waals surface area contributed by atoms with Gasteiger partial charge in [-0.25, -0.2) is 17.2 Å². The van der Waals surface area contributed by atoms with Crippen molar-refractivity contribution >= 4 is 19.7 Å². The smallest absolute Gasteiger partial charge is 0.207 e. The van der Waals surface area contributed by atoms with Crippen LogP contribution in [0.15, 0.2) is 47.4 Å². The molecule has 0 radical (unpaired) electrons. The summed E-state index contributed by atoms with van der Waals surface area (Å²) in [6.07, 6.45) is 0. The Bertz CT molecular complexity index is 699. The van der Waals surface area contributed by atoms with Crippen molar-refractivity contribution in [3.05, 3.63) is 54.1 Å². The molecule has 0 aliphatic rings. The van der Waals surface area contributed by atoms with Crippen molar-refractivity contribution in [3.8, 4) is 11.1 Å². The first-order valence-electron chi connectivity index (χ1n) is 4.89. The summed E-state index contributed by atoms with van der Waals surface area (Å²) in [6.45, 7) is 0. The third kappa shape index (κ3) is 2.52. The SMILES string of the molecule is O=S(=O)(Cl)c1ccccc1-c1ccc(F)cc1F. The summed E-state index contributed by atoms with van der Waals surface area (Å²) < 4.78 is 49.2. The normalized spacial score (nSPS) is 11.5. The molecule has 0 aliphatic heterocycles. The molecule has 2 aromatic rings. The maximum atomic E-state index is 13.6. The van der Waals surface area contributed by atoms with Gasteiger partial charge in [0.2, 0.25) is 0 Å². The van der Waals surface area contributed by atoms with Crippen LogP contribution in [0.2, 0.25) is 0 Å². The lowest BCUT2D eigenvalue weighted by atomic mass is 10.1. The van der Waals surface area contributed by atoms with E-state index < -0.39 is 20.7 Å². The van der Waals surface area contributed by atoms with Crippen LogP contribution < -0.4 is 0 Å². The Morgan fingerprint density at radius 1 is 0.944 bits per heavy atom. The number of rotatable bonds is 2. The van der Waals surface area contributed by atoms with Gasteiger partial charge >= 0.3 is 0 Å². The van der Waals surface area contributed by atoms with Crippen LogP contribution in [0.4, 0.5) is 8.78 Å². The molecule has 0 saturated heterocycles. The molecule has 0 amide bonds. The molecule has 94 valence electrons. The Kier molecular flexibility index (Phi) is 3.36. The Morgan fingerprint density at radius 3 is 2.22 bits per heavy atom. The molecule has 2 nitrogen and oxygen atoms in total. The van der Waals surface area contributed by atoms with E-state index in [1.54, 1.807) is 6.07 Å². The van der Waals surface area contributed by atoms with E-state index in [2.05, 4.69) is 0 Å². The van der Waals surface area contributed by atoms with Gasteiger partial charge in [0.05, 0.1) is 4.90 Å². The van der Waals surface area contributed by atoms with Crippen molar-refractivity contribution in [1.29, 1.82) is 0 Å². The molecule has 0 unspecified atom stereocenters. The second-order valence-electron chi connectivity index (χ2n) is 3.56. The highest BCUT2D eigenvalue weighted by molar-refractivity contribution is 8.13. The molecular formula is C12H7ClF2O2S. The summed E-state index contributed by atoms with van der Waals surface area (Å²) in [4.78, 5) is -0.211. The van der Waals surface area contributed by atoms with Crippen molar-refractivity contribution < 1.29 is 17.2 Å². The first kappa shape index (κ1) is 13.0. The van der Waals surface area contributed by atoms with Gasteiger partial charge in [-0.2, -0.15) is 0 Å². The van der Waals surface area contributed by atoms with E-state index in [1.807, 2.05) is 0 Å². The first-order chi connectivity index (χ1) is 8.39. The van der Waals surface area contributed by atoms with Crippen LogP contribution in [0, 0.1) is 11.6 Å². The number of benzene rings is 2. The summed E-state index contributed by atoms with van der Waals surface area (Å²) in [5, 5.41) is 0. The first-order valence-corrected chi connectivity index (χ1v) is 7.19. The van der Waals surface area contributed by atoms with Gasteiger partial charge < -0.3 is 0 Å². The predicted molar refractivity (Wildman–Crippen MR) is 64.8 cm³/mol. The van der Waals surface area contributed by atoms with Gasteiger partial charge in [-0.1, -0.05) is 18.2 Å². The number of hydrogen-bond donors (Lipinski definition) is 0. The van der Waals surface area contributed by atoms with Gasteiger partial charge in [-0.05, 0) is 18.2 Å². The predicted octanol–water partition coefficient (Wildman–Crippen LogP) is 3.56. The maximum Gasteiger partial charge on any atom is 0.261 e. The highest BCUT2D eigenvalue weighted by Crippen LogP contribution is 2.31. The Balaban J connectivity index is 2.72. The van der Waals surface area contributed by atoms with Gasteiger partial charge in [0.15, 0.2) is 0 Å². The standard InChI is InChI=1S/C12H7ClF2O2S/c13-18(16,17)12-4-2-1-3-10(12)9-6-5-8(14)7-11(9)15/h1-7H. The summed E-state index contributed by atoms with van der Waals surface area (Å²) in [5.74, 6) is -1.58. The quantitative estimate of drug-likeness (QED) is 0.792. The van der Waals surface area contributed by atoms with Crippen LogP contribution in [0.25, 0.3) is 11.1 Å². The van der Waals surface area contributed by atoms with Crippen molar-refractivity contribution in [2.24, 2.45) is 0 Å². The minimum Gasteiger partial charge on any atom is -0.207 e.